The second kappa shape index (κ2) is 9.11. The Hall–Kier alpha value is -4.37. The molecule has 0 saturated carbocycles. The van der Waals surface area contributed by atoms with Crippen LogP contribution in [0.1, 0.15) is 5.69 Å². The van der Waals surface area contributed by atoms with E-state index in [4.69, 9.17) is 4.74 Å². The van der Waals surface area contributed by atoms with Gasteiger partial charge < -0.3 is 4.74 Å². The number of ether oxygens (including phenoxy) is 1. The van der Waals surface area contributed by atoms with E-state index < -0.39 is 10.0 Å². The molecule has 0 saturated heterocycles. The Labute approximate surface area is 202 Å². The molecule has 2 aromatic carbocycles. The third kappa shape index (κ3) is 4.53. The molecule has 0 bridgehead atoms. The van der Waals surface area contributed by atoms with Crippen LogP contribution >= 0.6 is 0 Å². The van der Waals surface area contributed by atoms with Gasteiger partial charge >= 0.3 is 0 Å². The first-order valence-electron chi connectivity index (χ1n) is 10.7. The highest BCUT2D eigenvalue weighted by Gasteiger charge is 2.18. The van der Waals surface area contributed by atoms with Crippen LogP contribution in [-0.4, -0.2) is 35.5 Å². The third-order valence-corrected chi connectivity index (χ3v) is 6.91. The molecule has 1 N–H and O–H groups in total. The lowest BCUT2D eigenvalue weighted by atomic mass is 9.99. The maximum atomic E-state index is 12.9. The minimum Gasteiger partial charge on any atom is -0.496 e. The zero-order valence-corrected chi connectivity index (χ0v) is 19.8. The minimum atomic E-state index is -3.83. The predicted octanol–water partition coefficient (Wildman–Crippen LogP) is 4.87. The number of aromatic nitrogens is 4. The van der Waals surface area contributed by atoms with Gasteiger partial charge in [0.05, 0.1) is 17.7 Å². The van der Waals surface area contributed by atoms with E-state index in [0.29, 0.717) is 11.4 Å². The lowest BCUT2D eigenvalue weighted by molar-refractivity contribution is 0.416. The molecule has 0 radical (unpaired) electrons. The third-order valence-electron chi connectivity index (χ3n) is 5.55. The van der Waals surface area contributed by atoms with Crippen molar-refractivity contribution in [2.24, 2.45) is 0 Å². The van der Waals surface area contributed by atoms with Gasteiger partial charge in [0.1, 0.15) is 17.9 Å². The quantitative estimate of drug-likeness (QED) is 0.367. The van der Waals surface area contributed by atoms with E-state index >= 15 is 0 Å². The number of anilines is 1. The maximum absolute atomic E-state index is 12.9. The number of hydrogen-bond acceptors (Lipinski definition) is 7. The predicted molar refractivity (Wildman–Crippen MR) is 135 cm³/mol. The molecule has 3 heterocycles. The van der Waals surface area contributed by atoms with Crippen LogP contribution in [0.25, 0.3) is 33.2 Å². The van der Waals surface area contributed by atoms with Crippen LogP contribution in [0, 0.1) is 6.92 Å². The van der Waals surface area contributed by atoms with Gasteiger partial charge in [0.2, 0.25) is 0 Å². The van der Waals surface area contributed by atoms with Crippen LogP contribution in [0.3, 0.4) is 0 Å². The second-order valence-electron chi connectivity index (χ2n) is 7.84. The van der Waals surface area contributed by atoms with Gasteiger partial charge in [-0.1, -0.05) is 12.1 Å². The summed E-state index contributed by atoms with van der Waals surface area (Å²) in [5.41, 5.74) is 4.48. The molecule has 0 spiro atoms. The van der Waals surface area contributed by atoms with E-state index in [2.05, 4.69) is 24.7 Å². The van der Waals surface area contributed by atoms with Crippen molar-refractivity contribution in [3.05, 3.63) is 91.3 Å². The largest absolute Gasteiger partial charge is 0.496 e. The Kier molecular flexibility index (Phi) is 5.84. The van der Waals surface area contributed by atoms with E-state index in [1.165, 1.54) is 18.6 Å². The average Bonchev–Trinajstić information content (AvgIpc) is 2.88. The van der Waals surface area contributed by atoms with Crippen molar-refractivity contribution in [3.8, 4) is 28.1 Å². The molecule has 8 nitrogen and oxygen atoms in total. The number of nitrogens with zero attached hydrogens (tertiary/aromatic N) is 4. The normalized spacial score (nSPS) is 11.4. The fourth-order valence-electron chi connectivity index (χ4n) is 3.88. The molecule has 0 atom stereocenters. The molecular formula is C26H21N5O3S. The second-order valence-corrected chi connectivity index (χ2v) is 9.53. The lowest BCUT2D eigenvalue weighted by Gasteiger charge is -2.13. The van der Waals surface area contributed by atoms with Crippen LogP contribution in [0.2, 0.25) is 0 Å². The van der Waals surface area contributed by atoms with Gasteiger partial charge in [-0.05, 0) is 72.0 Å². The summed E-state index contributed by atoms with van der Waals surface area (Å²) in [6, 6.07) is 18.1. The Morgan fingerprint density at radius 3 is 2.43 bits per heavy atom. The van der Waals surface area contributed by atoms with Crippen molar-refractivity contribution in [1.29, 1.82) is 0 Å². The Morgan fingerprint density at radius 1 is 0.829 bits per heavy atom. The summed E-state index contributed by atoms with van der Waals surface area (Å²) in [4.78, 5) is 16.7. The van der Waals surface area contributed by atoms with Crippen LogP contribution in [-0.2, 0) is 10.0 Å². The highest BCUT2D eigenvalue weighted by atomic mass is 32.2. The number of fused-ring (bicyclic) bond motifs is 1. The highest BCUT2D eigenvalue weighted by molar-refractivity contribution is 7.92. The van der Waals surface area contributed by atoms with Crippen molar-refractivity contribution >= 4 is 26.6 Å². The van der Waals surface area contributed by atoms with Crippen molar-refractivity contribution < 1.29 is 13.2 Å². The van der Waals surface area contributed by atoms with Crippen molar-refractivity contribution in [2.75, 3.05) is 11.8 Å². The molecule has 0 amide bonds. The monoisotopic (exact) mass is 483 g/mol. The van der Waals surface area contributed by atoms with E-state index in [1.807, 2.05) is 37.3 Å². The number of rotatable bonds is 6. The number of hydrogen-bond donors (Lipinski definition) is 1. The summed E-state index contributed by atoms with van der Waals surface area (Å²) in [6.45, 7) is 1.95. The molecule has 0 unspecified atom stereocenters. The molecule has 0 fully saturated rings. The van der Waals surface area contributed by atoms with Crippen molar-refractivity contribution in [2.45, 2.75) is 11.8 Å². The van der Waals surface area contributed by atoms with Crippen LogP contribution in [0.15, 0.2) is 90.5 Å². The Balaban J connectivity index is 1.55. The van der Waals surface area contributed by atoms with Crippen molar-refractivity contribution in [3.63, 3.8) is 0 Å². The summed E-state index contributed by atoms with van der Waals surface area (Å²) in [5, 5.41) is 1.54. The van der Waals surface area contributed by atoms with Crippen molar-refractivity contribution in [1.82, 2.24) is 19.9 Å². The summed E-state index contributed by atoms with van der Waals surface area (Å²) >= 11 is 0. The summed E-state index contributed by atoms with van der Waals surface area (Å²) in [6.07, 6.45) is 6.19. The molecule has 174 valence electrons. The molecule has 0 aliphatic rings. The molecule has 3 aromatic heterocycles. The maximum Gasteiger partial charge on any atom is 0.263 e. The topological polar surface area (TPSA) is 107 Å². The smallest absolute Gasteiger partial charge is 0.263 e. The van der Waals surface area contributed by atoms with E-state index in [0.717, 1.165) is 33.2 Å². The number of nitrogens with one attached hydrogen (secondary N) is 1. The van der Waals surface area contributed by atoms with Crippen LogP contribution < -0.4 is 9.46 Å². The standard InChI is InChI=1S/C26H21N5O3S/c1-17-13-19(7-11-28-17)18-3-5-23(24(15-18)34-2)26-22-6-4-21(14-20(22)8-12-29-26)35(32,33)31-25-9-10-27-16-30-25/h3-16H,1-2H3,(H,27,30,31). The fraction of sp³-hybridized carbons (Fsp3) is 0.0769. The molecule has 9 heteroatoms. The Morgan fingerprint density at radius 2 is 1.66 bits per heavy atom. The zero-order valence-electron chi connectivity index (χ0n) is 19.0. The number of benzene rings is 2. The van der Waals surface area contributed by atoms with Gasteiger partial charge in [-0.25, -0.2) is 18.4 Å². The number of aryl methyl sites for hydroxylation is 1. The summed E-state index contributed by atoms with van der Waals surface area (Å²) in [5.74, 6) is 0.865. The van der Waals surface area contributed by atoms with Gasteiger partial charge in [0.15, 0.2) is 0 Å². The first kappa shape index (κ1) is 22.4. The number of methoxy groups -OCH3 is 1. The first-order chi connectivity index (χ1) is 16.9. The zero-order chi connectivity index (χ0) is 24.4. The van der Waals surface area contributed by atoms with Crippen LogP contribution in [0.4, 0.5) is 5.82 Å². The molecule has 5 rings (SSSR count). The molecule has 0 aliphatic carbocycles. The fourth-order valence-corrected chi connectivity index (χ4v) is 4.92. The number of sulfonamides is 1. The highest BCUT2D eigenvalue weighted by Crippen LogP contribution is 2.37. The molecule has 5 aromatic rings. The molecule has 0 aliphatic heterocycles. The van der Waals surface area contributed by atoms with Gasteiger partial charge in [-0.3, -0.25) is 14.7 Å². The van der Waals surface area contributed by atoms with Gasteiger partial charge in [-0.15, -0.1) is 0 Å². The molecular weight excluding hydrogens is 462 g/mol. The van der Waals surface area contributed by atoms with E-state index in [1.54, 1.807) is 43.8 Å². The summed E-state index contributed by atoms with van der Waals surface area (Å²) in [7, 11) is -2.21. The average molecular weight is 484 g/mol. The van der Waals surface area contributed by atoms with Crippen LogP contribution in [0.5, 0.6) is 5.75 Å². The van der Waals surface area contributed by atoms with Gasteiger partial charge in [-0.2, -0.15) is 0 Å². The minimum absolute atomic E-state index is 0.121. The number of pyridine rings is 2. The van der Waals surface area contributed by atoms with Gasteiger partial charge in [0.25, 0.3) is 10.0 Å². The van der Waals surface area contributed by atoms with E-state index in [9.17, 15) is 8.42 Å². The van der Waals surface area contributed by atoms with Gasteiger partial charge in [0, 0.05) is 35.2 Å². The summed E-state index contributed by atoms with van der Waals surface area (Å²) < 4.78 is 34.0. The Bertz CT molecular complexity index is 1640. The van der Waals surface area contributed by atoms with E-state index in [-0.39, 0.29) is 10.7 Å². The SMILES string of the molecule is COc1cc(-c2ccnc(C)c2)ccc1-c1nccc2cc(S(=O)(=O)Nc3ccncn3)ccc12. The lowest BCUT2D eigenvalue weighted by Crippen LogP contribution is -2.13. The first-order valence-corrected chi connectivity index (χ1v) is 12.2. The molecule has 35 heavy (non-hydrogen) atoms.